The van der Waals surface area contributed by atoms with Crippen molar-refractivity contribution in [1.82, 2.24) is 4.90 Å². The minimum absolute atomic E-state index is 0.788. The molecule has 0 aliphatic rings. The number of nitrogens with two attached hydrogens (primary N) is 2. The molecule has 2 rings (SSSR count). The highest BCUT2D eigenvalue weighted by Crippen LogP contribution is 2.17. The van der Waals surface area contributed by atoms with Gasteiger partial charge in [0.1, 0.15) is 0 Å². The maximum atomic E-state index is 5.99. The summed E-state index contributed by atoms with van der Waals surface area (Å²) in [5.41, 5.74) is 16.0. The lowest BCUT2D eigenvalue weighted by atomic mass is 10.1. The van der Waals surface area contributed by atoms with Crippen molar-refractivity contribution in [3.8, 4) is 0 Å². The van der Waals surface area contributed by atoms with E-state index in [0.29, 0.717) is 0 Å². The summed E-state index contributed by atoms with van der Waals surface area (Å²) in [7, 11) is 0. The Balaban J connectivity index is 1.84. The normalized spacial score (nSPS) is 11.0. The Morgan fingerprint density at radius 2 is 1.76 bits per heavy atom. The van der Waals surface area contributed by atoms with E-state index in [2.05, 4.69) is 42.2 Å². The zero-order valence-corrected chi connectivity index (χ0v) is 12.8. The molecule has 0 fully saturated rings. The molecule has 0 aliphatic carbocycles. The van der Waals surface area contributed by atoms with Gasteiger partial charge in [0, 0.05) is 17.9 Å². The Morgan fingerprint density at radius 3 is 2.48 bits per heavy atom. The first-order valence-electron chi connectivity index (χ1n) is 7.59. The third kappa shape index (κ3) is 4.80. The molecule has 0 unspecified atom stereocenters. The molecule has 3 nitrogen and oxygen atoms in total. The van der Waals surface area contributed by atoms with Gasteiger partial charge in [-0.25, -0.2) is 0 Å². The Morgan fingerprint density at radius 1 is 1.00 bits per heavy atom. The van der Waals surface area contributed by atoms with E-state index in [1.54, 1.807) is 0 Å². The molecular formula is C18H25N3. The van der Waals surface area contributed by atoms with Crippen LogP contribution < -0.4 is 11.5 Å². The molecule has 2 aromatic rings. The second-order valence-electron chi connectivity index (χ2n) is 5.42. The van der Waals surface area contributed by atoms with Crippen molar-refractivity contribution in [3.05, 3.63) is 59.7 Å². The Kier molecular flexibility index (Phi) is 5.64. The van der Waals surface area contributed by atoms with Crippen LogP contribution in [0.5, 0.6) is 0 Å². The minimum atomic E-state index is 0.788. The molecule has 2 aromatic carbocycles. The van der Waals surface area contributed by atoms with Gasteiger partial charge in [-0.2, -0.15) is 0 Å². The number of anilines is 2. The van der Waals surface area contributed by atoms with Crippen LogP contribution in [0.15, 0.2) is 48.5 Å². The van der Waals surface area contributed by atoms with Crippen molar-refractivity contribution in [1.29, 1.82) is 0 Å². The molecule has 0 amide bonds. The van der Waals surface area contributed by atoms with Gasteiger partial charge in [-0.1, -0.05) is 37.3 Å². The van der Waals surface area contributed by atoms with E-state index in [9.17, 15) is 0 Å². The summed E-state index contributed by atoms with van der Waals surface area (Å²) >= 11 is 0. The van der Waals surface area contributed by atoms with Crippen LogP contribution in [0.4, 0.5) is 11.4 Å². The summed E-state index contributed by atoms with van der Waals surface area (Å²) in [5.74, 6) is 0. The van der Waals surface area contributed by atoms with E-state index in [0.717, 1.165) is 49.4 Å². The lowest BCUT2D eigenvalue weighted by Crippen LogP contribution is -2.24. The zero-order valence-electron chi connectivity index (χ0n) is 12.8. The van der Waals surface area contributed by atoms with Crippen LogP contribution in [0.2, 0.25) is 0 Å². The summed E-state index contributed by atoms with van der Waals surface area (Å²) in [4.78, 5) is 2.46. The SMILES string of the molecule is CCN(CCCc1cc(N)ccc1N)Cc1ccccc1. The average Bonchev–Trinajstić information content (AvgIpc) is 2.50. The summed E-state index contributed by atoms with van der Waals surface area (Å²) in [6.45, 7) is 5.34. The van der Waals surface area contributed by atoms with Crippen molar-refractivity contribution in [3.63, 3.8) is 0 Å². The second-order valence-corrected chi connectivity index (χ2v) is 5.42. The molecule has 0 heterocycles. The van der Waals surface area contributed by atoms with E-state index in [-0.39, 0.29) is 0 Å². The van der Waals surface area contributed by atoms with Crippen LogP contribution in [0.1, 0.15) is 24.5 Å². The lowest BCUT2D eigenvalue weighted by Gasteiger charge is -2.20. The highest BCUT2D eigenvalue weighted by Gasteiger charge is 2.05. The lowest BCUT2D eigenvalue weighted by molar-refractivity contribution is 0.276. The molecule has 0 atom stereocenters. The number of rotatable bonds is 7. The van der Waals surface area contributed by atoms with Crippen molar-refractivity contribution >= 4 is 11.4 Å². The third-order valence-corrected chi connectivity index (χ3v) is 3.78. The van der Waals surface area contributed by atoms with Gasteiger partial charge in [0.15, 0.2) is 0 Å². The van der Waals surface area contributed by atoms with Gasteiger partial charge < -0.3 is 11.5 Å². The van der Waals surface area contributed by atoms with Crippen molar-refractivity contribution in [2.45, 2.75) is 26.3 Å². The van der Waals surface area contributed by atoms with Crippen LogP contribution in [0, 0.1) is 0 Å². The summed E-state index contributed by atoms with van der Waals surface area (Å²) < 4.78 is 0. The summed E-state index contributed by atoms with van der Waals surface area (Å²) in [5, 5.41) is 0. The molecule has 0 saturated heterocycles. The molecule has 21 heavy (non-hydrogen) atoms. The van der Waals surface area contributed by atoms with E-state index >= 15 is 0 Å². The summed E-state index contributed by atoms with van der Waals surface area (Å²) in [6, 6.07) is 16.3. The zero-order chi connectivity index (χ0) is 15.1. The van der Waals surface area contributed by atoms with Gasteiger partial charge in [-0.3, -0.25) is 4.90 Å². The highest BCUT2D eigenvalue weighted by atomic mass is 15.1. The fourth-order valence-electron chi connectivity index (χ4n) is 2.53. The monoisotopic (exact) mass is 283 g/mol. The molecule has 112 valence electrons. The molecule has 0 bridgehead atoms. The molecule has 0 saturated carbocycles. The maximum Gasteiger partial charge on any atom is 0.0348 e. The minimum Gasteiger partial charge on any atom is -0.399 e. The quantitative estimate of drug-likeness (QED) is 0.767. The molecule has 0 spiro atoms. The van der Waals surface area contributed by atoms with Crippen molar-refractivity contribution in [2.24, 2.45) is 0 Å². The van der Waals surface area contributed by atoms with E-state index < -0.39 is 0 Å². The predicted molar refractivity (Wildman–Crippen MR) is 91.0 cm³/mol. The third-order valence-electron chi connectivity index (χ3n) is 3.78. The largest absolute Gasteiger partial charge is 0.399 e. The van der Waals surface area contributed by atoms with Crippen molar-refractivity contribution in [2.75, 3.05) is 24.6 Å². The highest BCUT2D eigenvalue weighted by molar-refractivity contribution is 5.55. The van der Waals surface area contributed by atoms with Crippen molar-refractivity contribution < 1.29 is 0 Å². The maximum absolute atomic E-state index is 5.99. The van der Waals surface area contributed by atoms with Gasteiger partial charge in [0.2, 0.25) is 0 Å². The van der Waals surface area contributed by atoms with Crippen LogP contribution in [0.25, 0.3) is 0 Å². The Hall–Kier alpha value is -2.00. The number of hydrogen-bond donors (Lipinski definition) is 2. The Labute approximate surface area is 127 Å². The van der Waals surface area contributed by atoms with Gasteiger partial charge >= 0.3 is 0 Å². The molecular weight excluding hydrogens is 258 g/mol. The first-order valence-corrected chi connectivity index (χ1v) is 7.59. The van der Waals surface area contributed by atoms with Crippen LogP contribution in [-0.4, -0.2) is 18.0 Å². The standard InChI is InChI=1S/C18H25N3/c1-2-21(14-15-7-4-3-5-8-15)12-6-9-16-13-17(19)10-11-18(16)20/h3-5,7-8,10-11,13H,2,6,9,12,14,19-20H2,1H3. The topological polar surface area (TPSA) is 55.3 Å². The molecule has 0 aromatic heterocycles. The van der Waals surface area contributed by atoms with E-state index in [1.165, 1.54) is 5.56 Å². The van der Waals surface area contributed by atoms with E-state index in [1.807, 2.05) is 18.2 Å². The van der Waals surface area contributed by atoms with E-state index in [4.69, 9.17) is 11.5 Å². The summed E-state index contributed by atoms with van der Waals surface area (Å²) in [6.07, 6.45) is 2.07. The fourth-order valence-corrected chi connectivity index (χ4v) is 2.53. The number of hydrogen-bond acceptors (Lipinski definition) is 3. The van der Waals surface area contributed by atoms with Gasteiger partial charge in [0.05, 0.1) is 0 Å². The van der Waals surface area contributed by atoms with Gasteiger partial charge in [0.25, 0.3) is 0 Å². The number of benzene rings is 2. The molecule has 4 N–H and O–H groups in total. The number of aryl methyl sites for hydroxylation is 1. The Bertz CT molecular complexity index is 552. The van der Waals surface area contributed by atoms with Gasteiger partial charge in [-0.15, -0.1) is 0 Å². The predicted octanol–water partition coefficient (Wildman–Crippen LogP) is 3.31. The van der Waals surface area contributed by atoms with Crippen LogP contribution in [-0.2, 0) is 13.0 Å². The number of nitrogen functional groups attached to an aromatic ring is 2. The second kappa shape index (κ2) is 7.70. The average molecular weight is 283 g/mol. The molecule has 3 heteroatoms. The first kappa shape index (κ1) is 15.4. The van der Waals surface area contributed by atoms with Crippen LogP contribution >= 0.6 is 0 Å². The molecule has 0 aliphatic heterocycles. The molecule has 0 radical (unpaired) electrons. The fraction of sp³-hybridized carbons (Fsp3) is 0.333. The van der Waals surface area contributed by atoms with Gasteiger partial charge in [-0.05, 0) is 55.3 Å². The smallest absolute Gasteiger partial charge is 0.0348 e. The van der Waals surface area contributed by atoms with Crippen LogP contribution in [0.3, 0.4) is 0 Å². The first-order chi connectivity index (χ1) is 10.2. The number of nitrogens with zero attached hydrogens (tertiary/aromatic N) is 1.